The lowest BCUT2D eigenvalue weighted by Gasteiger charge is -2.10. The van der Waals surface area contributed by atoms with E-state index in [4.69, 9.17) is 16.3 Å². The highest BCUT2D eigenvalue weighted by molar-refractivity contribution is 6.31. The first-order valence-corrected chi connectivity index (χ1v) is 8.08. The number of nitrogens with one attached hydrogen (secondary N) is 1. The third-order valence-corrected chi connectivity index (χ3v) is 3.73. The van der Waals surface area contributed by atoms with Crippen molar-refractivity contribution < 1.29 is 18.8 Å². The molecule has 0 unspecified atom stereocenters. The number of carbonyl (C=O) groups is 1. The van der Waals surface area contributed by atoms with Crippen molar-refractivity contribution in [2.75, 3.05) is 5.32 Å². The van der Waals surface area contributed by atoms with Crippen LogP contribution < -0.4 is 10.1 Å². The van der Waals surface area contributed by atoms with Crippen LogP contribution in [0.2, 0.25) is 5.02 Å². The average Bonchev–Trinajstić information content (AvgIpc) is 2.63. The van der Waals surface area contributed by atoms with E-state index in [0.29, 0.717) is 16.3 Å². The zero-order valence-electron chi connectivity index (χ0n) is 13.7. The van der Waals surface area contributed by atoms with E-state index in [1.54, 1.807) is 18.2 Å². The second-order valence-electron chi connectivity index (χ2n) is 5.49. The predicted octanol–water partition coefficient (Wildman–Crippen LogP) is 5.43. The average molecular weight is 387 g/mol. The van der Waals surface area contributed by atoms with Crippen molar-refractivity contribution in [2.45, 2.75) is 0 Å². The third-order valence-electron chi connectivity index (χ3n) is 3.50. The summed E-state index contributed by atoms with van der Waals surface area (Å²) in [5.74, 6) is -0.497. The summed E-state index contributed by atoms with van der Waals surface area (Å²) in [7, 11) is 0. The molecule has 0 aliphatic heterocycles. The molecule has 8 heteroatoms. The molecule has 3 aromatic carbocycles. The van der Waals surface area contributed by atoms with E-state index >= 15 is 0 Å². The molecule has 0 spiro atoms. The number of hydrogen-bond acceptors (Lipinski definition) is 4. The first-order chi connectivity index (χ1) is 12.9. The maximum Gasteiger partial charge on any atom is 0.275 e. The van der Waals surface area contributed by atoms with Gasteiger partial charge in [0.2, 0.25) is 0 Å². The van der Waals surface area contributed by atoms with Gasteiger partial charge in [-0.25, -0.2) is 4.39 Å². The van der Waals surface area contributed by atoms with E-state index in [1.807, 2.05) is 0 Å². The molecule has 0 aliphatic rings. The van der Waals surface area contributed by atoms with Crippen molar-refractivity contribution >= 4 is 28.9 Å². The molecule has 0 aliphatic carbocycles. The van der Waals surface area contributed by atoms with Gasteiger partial charge in [-0.05, 0) is 42.5 Å². The summed E-state index contributed by atoms with van der Waals surface area (Å²) >= 11 is 5.87. The highest BCUT2D eigenvalue weighted by Gasteiger charge is 2.14. The number of nitrogens with zero attached hydrogens (tertiary/aromatic N) is 1. The van der Waals surface area contributed by atoms with Crippen LogP contribution in [0.4, 0.5) is 15.8 Å². The summed E-state index contributed by atoms with van der Waals surface area (Å²) in [5, 5.41) is 14.1. The fourth-order valence-corrected chi connectivity index (χ4v) is 2.48. The predicted molar refractivity (Wildman–Crippen MR) is 99.0 cm³/mol. The fourth-order valence-electron chi connectivity index (χ4n) is 2.29. The first-order valence-electron chi connectivity index (χ1n) is 7.70. The van der Waals surface area contributed by atoms with Gasteiger partial charge in [0, 0.05) is 22.7 Å². The summed E-state index contributed by atoms with van der Waals surface area (Å²) < 4.78 is 18.5. The molecule has 0 bridgehead atoms. The van der Waals surface area contributed by atoms with Crippen LogP contribution >= 0.6 is 11.6 Å². The van der Waals surface area contributed by atoms with Crippen molar-refractivity contribution in [3.63, 3.8) is 0 Å². The second-order valence-corrected chi connectivity index (χ2v) is 5.93. The Morgan fingerprint density at radius 2 is 1.78 bits per heavy atom. The highest BCUT2D eigenvalue weighted by atomic mass is 35.5. The van der Waals surface area contributed by atoms with E-state index in [-0.39, 0.29) is 17.1 Å². The van der Waals surface area contributed by atoms with Crippen LogP contribution in [0.5, 0.6) is 11.5 Å². The zero-order valence-corrected chi connectivity index (χ0v) is 14.4. The molecule has 0 radical (unpaired) electrons. The maximum absolute atomic E-state index is 13.0. The van der Waals surface area contributed by atoms with Gasteiger partial charge in [-0.3, -0.25) is 14.9 Å². The Balaban J connectivity index is 1.88. The molecule has 1 amide bonds. The second kappa shape index (κ2) is 7.84. The van der Waals surface area contributed by atoms with Gasteiger partial charge in [-0.2, -0.15) is 0 Å². The van der Waals surface area contributed by atoms with Crippen molar-refractivity contribution in [3.05, 3.63) is 93.2 Å². The van der Waals surface area contributed by atoms with Crippen molar-refractivity contribution in [1.29, 1.82) is 0 Å². The number of nitro benzene ring substituents is 1. The molecule has 6 nitrogen and oxygen atoms in total. The first kappa shape index (κ1) is 18.3. The van der Waals surface area contributed by atoms with Gasteiger partial charge in [-0.15, -0.1) is 0 Å². The number of anilines is 1. The Morgan fingerprint density at radius 1 is 1.04 bits per heavy atom. The van der Waals surface area contributed by atoms with E-state index in [9.17, 15) is 19.3 Å². The molecule has 0 atom stereocenters. The van der Waals surface area contributed by atoms with Crippen LogP contribution in [0.1, 0.15) is 10.4 Å². The fraction of sp³-hybridized carbons (Fsp3) is 0. The molecule has 3 rings (SSSR count). The van der Waals surface area contributed by atoms with Crippen LogP contribution in [-0.4, -0.2) is 10.8 Å². The Labute approximate surface area is 158 Å². The number of ether oxygens (including phenoxy) is 1. The largest absolute Gasteiger partial charge is 0.457 e. The van der Waals surface area contributed by atoms with E-state index in [1.165, 1.54) is 48.5 Å². The minimum Gasteiger partial charge on any atom is -0.457 e. The molecular weight excluding hydrogens is 375 g/mol. The Bertz CT molecular complexity index is 1010. The zero-order chi connectivity index (χ0) is 19.4. The molecule has 0 fully saturated rings. The number of nitro groups is 1. The number of halogens is 2. The van der Waals surface area contributed by atoms with Gasteiger partial charge in [0.15, 0.2) is 0 Å². The van der Waals surface area contributed by atoms with Crippen molar-refractivity contribution in [1.82, 2.24) is 0 Å². The smallest absolute Gasteiger partial charge is 0.275 e. The Hall–Kier alpha value is -3.45. The number of carbonyl (C=O) groups excluding carboxylic acids is 1. The third kappa shape index (κ3) is 4.80. The molecule has 3 aromatic rings. The summed E-state index contributed by atoms with van der Waals surface area (Å²) in [6.07, 6.45) is 0. The van der Waals surface area contributed by atoms with E-state index in [2.05, 4.69) is 5.32 Å². The van der Waals surface area contributed by atoms with Gasteiger partial charge in [-0.1, -0.05) is 17.7 Å². The summed E-state index contributed by atoms with van der Waals surface area (Å²) in [6.45, 7) is 0. The lowest BCUT2D eigenvalue weighted by Crippen LogP contribution is -2.12. The molecule has 0 heterocycles. The van der Waals surface area contributed by atoms with Crippen LogP contribution in [0.15, 0.2) is 66.7 Å². The van der Waals surface area contributed by atoms with Gasteiger partial charge < -0.3 is 10.1 Å². The number of amides is 1. The van der Waals surface area contributed by atoms with Crippen LogP contribution in [0.3, 0.4) is 0 Å². The monoisotopic (exact) mass is 386 g/mol. The molecular formula is C19H12ClFN2O4. The quantitative estimate of drug-likeness (QED) is 0.468. The van der Waals surface area contributed by atoms with Crippen LogP contribution in [-0.2, 0) is 0 Å². The van der Waals surface area contributed by atoms with Gasteiger partial charge in [0.05, 0.1) is 16.7 Å². The molecule has 0 saturated heterocycles. The topological polar surface area (TPSA) is 81.5 Å². The molecule has 27 heavy (non-hydrogen) atoms. The van der Waals surface area contributed by atoms with E-state index < -0.39 is 16.6 Å². The lowest BCUT2D eigenvalue weighted by atomic mass is 10.2. The van der Waals surface area contributed by atoms with Crippen molar-refractivity contribution in [3.8, 4) is 11.5 Å². The van der Waals surface area contributed by atoms with Crippen LogP contribution in [0.25, 0.3) is 0 Å². The molecule has 1 N–H and O–H groups in total. The lowest BCUT2D eigenvalue weighted by molar-refractivity contribution is -0.384. The number of hydrogen-bond donors (Lipinski definition) is 1. The van der Waals surface area contributed by atoms with Crippen LogP contribution in [0, 0.1) is 15.9 Å². The summed E-state index contributed by atoms with van der Waals surface area (Å²) in [6, 6.07) is 15.3. The molecule has 0 saturated carbocycles. The summed E-state index contributed by atoms with van der Waals surface area (Å²) in [4.78, 5) is 22.9. The number of rotatable bonds is 5. The van der Waals surface area contributed by atoms with Gasteiger partial charge in [0.1, 0.15) is 17.3 Å². The molecule has 0 aromatic heterocycles. The Morgan fingerprint density at radius 3 is 2.44 bits per heavy atom. The van der Waals surface area contributed by atoms with Gasteiger partial charge in [0.25, 0.3) is 11.6 Å². The number of benzene rings is 3. The van der Waals surface area contributed by atoms with Crippen molar-refractivity contribution in [2.24, 2.45) is 0 Å². The summed E-state index contributed by atoms with van der Waals surface area (Å²) in [5.41, 5.74) is 0.206. The SMILES string of the molecule is O=C(Nc1cc(Oc2ccc(F)cc2)cc([N+](=O)[O-])c1)c1cccc(Cl)c1. The molecule has 136 valence electrons. The van der Waals surface area contributed by atoms with Gasteiger partial charge >= 0.3 is 0 Å². The normalized spacial score (nSPS) is 10.3. The van der Waals surface area contributed by atoms with E-state index in [0.717, 1.165) is 0 Å². The minimum atomic E-state index is -0.605. The maximum atomic E-state index is 13.0. The Kier molecular flexibility index (Phi) is 5.33. The highest BCUT2D eigenvalue weighted by Crippen LogP contribution is 2.30. The number of non-ortho nitro benzene ring substituents is 1. The standard InChI is InChI=1S/C19H12ClFN2O4/c20-13-3-1-2-12(8-13)19(24)22-15-9-16(23(25)26)11-18(10-15)27-17-6-4-14(21)5-7-17/h1-11H,(H,22,24). The minimum absolute atomic E-state index is 0.122.